The van der Waals surface area contributed by atoms with E-state index in [9.17, 15) is 0 Å². The molecule has 1 N–H and O–H groups in total. The van der Waals surface area contributed by atoms with Gasteiger partial charge in [0.2, 0.25) is 0 Å². The van der Waals surface area contributed by atoms with E-state index in [1.807, 2.05) is 0 Å². The Kier molecular flexibility index (Phi) is 2.26. The summed E-state index contributed by atoms with van der Waals surface area (Å²) in [7, 11) is 0. The van der Waals surface area contributed by atoms with Crippen molar-refractivity contribution in [1.82, 2.24) is 0 Å². The average Bonchev–Trinajstić information content (AvgIpc) is 2.07. The molecule has 0 saturated heterocycles. The van der Waals surface area contributed by atoms with Gasteiger partial charge < -0.3 is 5.32 Å². The van der Waals surface area contributed by atoms with Crippen molar-refractivity contribution in [3.05, 3.63) is 27.3 Å². The molecule has 0 aliphatic carbocycles. The van der Waals surface area contributed by atoms with E-state index in [0.717, 1.165) is 12.5 Å². The van der Waals surface area contributed by atoms with Gasteiger partial charge in [-0.2, -0.15) is 0 Å². The van der Waals surface area contributed by atoms with E-state index in [-0.39, 0.29) is 0 Å². The SMILES string of the molecule is CC1CCNc2ccc(I)cc21. The number of benzene rings is 1. The van der Waals surface area contributed by atoms with Crippen molar-refractivity contribution in [2.75, 3.05) is 11.9 Å². The zero-order valence-electron chi connectivity index (χ0n) is 7.10. The molecule has 1 unspecified atom stereocenters. The molecule has 1 nitrogen and oxygen atoms in total. The minimum absolute atomic E-state index is 0.718. The maximum Gasteiger partial charge on any atom is 0.0376 e. The van der Waals surface area contributed by atoms with Crippen LogP contribution in [0.2, 0.25) is 0 Å². The quantitative estimate of drug-likeness (QED) is 0.716. The third-order valence-corrected chi connectivity index (χ3v) is 3.11. The van der Waals surface area contributed by atoms with Gasteiger partial charge in [-0.1, -0.05) is 6.92 Å². The van der Waals surface area contributed by atoms with E-state index < -0.39 is 0 Å². The van der Waals surface area contributed by atoms with Gasteiger partial charge in [-0.25, -0.2) is 0 Å². The molecular weight excluding hydrogens is 261 g/mol. The van der Waals surface area contributed by atoms with Crippen LogP contribution in [0.1, 0.15) is 24.8 Å². The minimum Gasteiger partial charge on any atom is -0.385 e. The molecule has 1 aliphatic rings. The predicted octanol–water partition coefficient (Wildman–Crippen LogP) is 3.21. The van der Waals surface area contributed by atoms with E-state index >= 15 is 0 Å². The van der Waals surface area contributed by atoms with Crippen molar-refractivity contribution >= 4 is 28.3 Å². The molecule has 0 bridgehead atoms. The number of anilines is 1. The van der Waals surface area contributed by atoms with Gasteiger partial charge in [-0.05, 0) is 58.7 Å². The van der Waals surface area contributed by atoms with Crippen molar-refractivity contribution in [2.45, 2.75) is 19.3 Å². The van der Waals surface area contributed by atoms with Gasteiger partial charge in [0.1, 0.15) is 0 Å². The summed E-state index contributed by atoms with van der Waals surface area (Å²) in [5.74, 6) is 0.718. The van der Waals surface area contributed by atoms with Crippen LogP contribution in [0.5, 0.6) is 0 Å². The molecule has 0 radical (unpaired) electrons. The number of halogens is 1. The van der Waals surface area contributed by atoms with Crippen LogP contribution in [0.3, 0.4) is 0 Å². The second-order valence-electron chi connectivity index (χ2n) is 3.35. The van der Waals surface area contributed by atoms with Gasteiger partial charge >= 0.3 is 0 Å². The Balaban J connectivity index is 2.47. The number of hydrogen-bond acceptors (Lipinski definition) is 1. The lowest BCUT2D eigenvalue weighted by molar-refractivity contribution is 0.683. The Hall–Kier alpha value is -0.250. The zero-order chi connectivity index (χ0) is 8.55. The number of rotatable bonds is 0. The normalized spacial score (nSPS) is 21.3. The van der Waals surface area contributed by atoms with Gasteiger partial charge in [-0.3, -0.25) is 0 Å². The van der Waals surface area contributed by atoms with E-state index in [0.29, 0.717) is 0 Å². The molecule has 1 atom stereocenters. The van der Waals surface area contributed by atoms with Crippen molar-refractivity contribution in [2.24, 2.45) is 0 Å². The monoisotopic (exact) mass is 273 g/mol. The van der Waals surface area contributed by atoms with Crippen LogP contribution in [-0.4, -0.2) is 6.54 Å². The van der Waals surface area contributed by atoms with Gasteiger partial charge in [0.25, 0.3) is 0 Å². The van der Waals surface area contributed by atoms with Crippen molar-refractivity contribution in [3.8, 4) is 0 Å². The summed E-state index contributed by atoms with van der Waals surface area (Å²) in [6.07, 6.45) is 1.26. The van der Waals surface area contributed by atoms with Crippen molar-refractivity contribution < 1.29 is 0 Å². The molecule has 64 valence electrons. The molecule has 0 aromatic heterocycles. The smallest absolute Gasteiger partial charge is 0.0376 e. The molecule has 0 saturated carbocycles. The van der Waals surface area contributed by atoms with Crippen LogP contribution < -0.4 is 5.32 Å². The molecule has 1 aromatic carbocycles. The molecule has 0 spiro atoms. The first-order chi connectivity index (χ1) is 5.77. The molecule has 2 heteroatoms. The van der Waals surface area contributed by atoms with Crippen LogP contribution in [0.4, 0.5) is 5.69 Å². The number of nitrogens with one attached hydrogen (secondary N) is 1. The first kappa shape index (κ1) is 8.35. The van der Waals surface area contributed by atoms with E-state index in [2.05, 4.69) is 53.0 Å². The van der Waals surface area contributed by atoms with Gasteiger partial charge in [-0.15, -0.1) is 0 Å². The number of fused-ring (bicyclic) bond motifs is 1. The van der Waals surface area contributed by atoms with Crippen LogP contribution in [0.15, 0.2) is 18.2 Å². The lowest BCUT2D eigenvalue weighted by atomic mass is 9.93. The fourth-order valence-electron chi connectivity index (χ4n) is 1.68. The highest BCUT2D eigenvalue weighted by molar-refractivity contribution is 14.1. The van der Waals surface area contributed by atoms with Crippen molar-refractivity contribution in [1.29, 1.82) is 0 Å². The lowest BCUT2D eigenvalue weighted by Crippen LogP contribution is -2.14. The molecule has 1 aromatic rings. The van der Waals surface area contributed by atoms with E-state index in [4.69, 9.17) is 0 Å². The summed E-state index contributed by atoms with van der Waals surface area (Å²) >= 11 is 2.37. The van der Waals surface area contributed by atoms with Gasteiger partial charge in [0.15, 0.2) is 0 Å². The average molecular weight is 273 g/mol. The fourth-order valence-corrected chi connectivity index (χ4v) is 2.20. The van der Waals surface area contributed by atoms with Crippen LogP contribution in [0.25, 0.3) is 0 Å². The first-order valence-electron chi connectivity index (χ1n) is 4.30. The fraction of sp³-hybridized carbons (Fsp3) is 0.400. The third-order valence-electron chi connectivity index (χ3n) is 2.44. The first-order valence-corrected chi connectivity index (χ1v) is 5.38. The molecule has 2 rings (SSSR count). The van der Waals surface area contributed by atoms with E-state index in [1.54, 1.807) is 0 Å². The minimum atomic E-state index is 0.718. The van der Waals surface area contributed by atoms with Crippen LogP contribution in [0, 0.1) is 3.57 Å². The highest BCUT2D eigenvalue weighted by atomic mass is 127. The topological polar surface area (TPSA) is 12.0 Å². The molecule has 12 heavy (non-hydrogen) atoms. The number of hydrogen-bond donors (Lipinski definition) is 1. The maximum absolute atomic E-state index is 3.42. The molecule has 0 amide bonds. The van der Waals surface area contributed by atoms with Gasteiger partial charge in [0, 0.05) is 15.8 Å². The Labute approximate surface area is 86.7 Å². The van der Waals surface area contributed by atoms with Crippen LogP contribution >= 0.6 is 22.6 Å². The second-order valence-corrected chi connectivity index (χ2v) is 4.59. The standard InChI is InChI=1S/C10H12IN/c1-7-4-5-12-10-3-2-8(11)6-9(7)10/h2-3,6-7,12H,4-5H2,1H3. The Bertz CT molecular complexity index is 296. The Morgan fingerprint density at radius 3 is 3.17 bits per heavy atom. The molecule has 1 heterocycles. The summed E-state index contributed by atoms with van der Waals surface area (Å²) in [5, 5.41) is 3.42. The largest absolute Gasteiger partial charge is 0.385 e. The highest BCUT2D eigenvalue weighted by Gasteiger charge is 2.15. The third kappa shape index (κ3) is 1.44. The van der Waals surface area contributed by atoms with Crippen molar-refractivity contribution in [3.63, 3.8) is 0 Å². The molecule has 1 aliphatic heterocycles. The van der Waals surface area contributed by atoms with Crippen LogP contribution in [-0.2, 0) is 0 Å². The Morgan fingerprint density at radius 2 is 2.33 bits per heavy atom. The Morgan fingerprint density at radius 1 is 1.50 bits per heavy atom. The second kappa shape index (κ2) is 3.24. The molecule has 0 fully saturated rings. The summed E-state index contributed by atoms with van der Waals surface area (Å²) in [4.78, 5) is 0. The summed E-state index contributed by atoms with van der Waals surface area (Å²) < 4.78 is 1.34. The summed E-state index contributed by atoms with van der Waals surface area (Å²) in [6, 6.07) is 6.63. The molecular formula is C10H12IN. The highest BCUT2D eigenvalue weighted by Crippen LogP contribution is 2.31. The van der Waals surface area contributed by atoms with E-state index in [1.165, 1.54) is 21.2 Å². The summed E-state index contributed by atoms with van der Waals surface area (Å²) in [5.41, 5.74) is 2.81. The van der Waals surface area contributed by atoms with Gasteiger partial charge in [0.05, 0.1) is 0 Å². The zero-order valence-corrected chi connectivity index (χ0v) is 9.26. The summed E-state index contributed by atoms with van der Waals surface area (Å²) in [6.45, 7) is 3.42. The predicted molar refractivity (Wildman–Crippen MR) is 60.7 cm³/mol. The lowest BCUT2D eigenvalue weighted by Gasteiger charge is -2.23. The maximum atomic E-state index is 3.42.